The van der Waals surface area contributed by atoms with Crippen molar-refractivity contribution in [1.29, 1.82) is 0 Å². The molecule has 168 valence electrons. The second kappa shape index (κ2) is 6.51. The lowest BCUT2D eigenvalue weighted by molar-refractivity contribution is -0.288. The van der Waals surface area contributed by atoms with Crippen LogP contribution in [0.2, 0.25) is 0 Å². The van der Waals surface area contributed by atoms with Crippen LogP contribution in [-0.2, 0) is 9.53 Å². The zero-order valence-electron chi connectivity index (χ0n) is 17.6. The van der Waals surface area contributed by atoms with E-state index in [0.717, 1.165) is 5.57 Å². The summed E-state index contributed by atoms with van der Waals surface area (Å²) in [6.07, 6.45) is 3.92. The predicted octanol–water partition coefficient (Wildman–Crippen LogP) is 0.662. The van der Waals surface area contributed by atoms with E-state index in [1.165, 1.54) is 6.08 Å². The number of cyclic esters (lactones) is 1. The maximum absolute atomic E-state index is 12.1. The van der Waals surface area contributed by atoms with Crippen LogP contribution in [0, 0.1) is 28.6 Å². The van der Waals surface area contributed by atoms with Gasteiger partial charge >= 0.3 is 5.97 Å². The first-order chi connectivity index (χ1) is 14.1. The quantitative estimate of drug-likeness (QED) is 0.414. The first kappa shape index (κ1) is 20.9. The van der Waals surface area contributed by atoms with Crippen molar-refractivity contribution < 1.29 is 35.1 Å². The van der Waals surface area contributed by atoms with Gasteiger partial charge in [-0.25, -0.2) is 4.79 Å². The molecule has 9 atom stereocenters. The van der Waals surface area contributed by atoms with Gasteiger partial charge in [0.15, 0.2) is 0 Å². The Bertz CT molecular complexity index is 782. The maximum atomic E-state index is 12.1. The van der Waals surface area contributed by atoms with E-state index in [-0.39, 0.29) is 43.4 Å². The zero-order valence-corrected chi connectivity index (χ0v) is 17.6. The summed E-state index contributed by atoms with van der Waals surface area (Å²) in [7, 11) is 0. The molecule has 5 aliphatic rings. The third-order valence-electron chi connectivity index (χ3n) is 10.2. The molecule has 5 rings (SSSR count). The molecule has 2 unspecified atom stereocenters. The molecule has 0 spiro atoms. The smallest absolute Gasteiger partial charge is 0.331 e. The van der Waals surface area contributed by atoms with E-state index in [1.54, 1.807) is 0 Å². The lowest BCUT2D eigenvalue weighted by atomic mass is 9.41. The molecule has 0 bridgehead atoms. The lowest BCUT2D eigenvalue weighted by Crippen LogP contribution is -2.72. The molecule has 7 heteroatoms. The van der Waals surface area contributed by atoms with E-state index >= 15 is 0 Å². The van der Waals surface area contributed by atoms with Crippen molar-refractivity contribution in [3.63, 3.8) is 0 Å². The van der Waals surface area contributed by atoms with E-state index in [4.69, 9.17) is 4.74 Å². The highest BCUT2D eigenvalue weighted by atomic mass is 16.5. The van der Waals surface area contributed by atoms with Gasteiger partial charge in [0.1, 0.15) is 6.61 Å². The standard InChI is InChI=1S/C23H34O7/c1-20-15(13-8-19(27)30-11-13)4-7-23(20,29)16-3-6-22(28)10-14(25)2-5-21(22,12-24)17(16)9-18(20)26/h8,14-18,24-26,28-29H,2-7,9-12H2,1H3/t14-,15+,16?,17?,18+,20-,21-,22-,23-/m0/s1. The normalized spacial score (nSPS) is 55.3. The molecule has 30 heavy (non-hydrogen) atoms. The van der Waals surface area contributed by atoms with Gasteiger partial charge in [-0.05, 0) is 68.3 Å². The Balaban J connectivity index is 1.55. The molecule has 1 heterocycles. The van der Waals surface area contributed by atoms with Crippen molar-refractivity contribution in [2.24, 2.45) is 28.6 Å². The minimum Gasteiger partial charge on any atom is -0.458 e. The van der Waals surface area contributed by atoms with Gasteiger partial charge < -0.3 is 30.3 Å². The molecule has 0 aromatic rings. The number of ether oxygens (including phenoxy) is 1. The van der Waals surface area contributed by atoms with Gasteiger partial charge in [-0.2, -0.15) is 0 Å². The molecule has 0 aromatic carbocycles. The maximum Gasteiger partial charge on any atom is 0.331 e. The van der Waals surface area contributed by atoms with Gasteiger partial charge in [0.2, 0.25) is 0 Å². The van der Waals surface area contributed by atoms with Crippen LogP contribution in [0.1, 0.15) is 58.3 Å². The van der Waals surface area contributed by atoms with Crippen LogP contribution >= 0.6 is 0 Å². The number of aliphatic hydroxyl groups is 5. The van der Waals surface area contributed by atoms with Crippen molar-refractivity contribution in [2.75, 3.05) is 13.2 Å². The lowest BCUT2D eigenvalue weighted by Gasteiger charge is -2.67. The summed E-state index contributed by atoms with van der Waals surface area (Å²) in [4.78, 5) is 11.7. The van der Waals surface area contributed by atoms with Crippen molar-refractivity contribution in [2.45, 2.75) is 81.7 Å². The van der Waals surface area contributed by atoms with Gasteiger partial charge in [-0.1, -0.05) is 6.92 Å². The number of fused-ring (bicyclic) bond motifs is 5. The second-order valence-electron chi connectivity index (χ2n) is 10.9. The molecule has 0 amide bonds. The Morgan fingerprint density at radius 2 is 1.87 bits per heavy atom. The average molecular weight is 423 g/mol. The summed E-state index contributed by atoms with van der Waals surface area (Å²) in [5, 5.41) is 55.9. The van der Waals surface area contributed by atoms with Crippen molar-refractivity contribution in [3.05, 3.63) is 11.6 Å². The Morgan fingerprint density at radius 3 is 2.53 bits per heavy atom. The van der Waals surface area contributed by atoms with E-state index in [2.05, 4.69) is 0 Å². The first-order valence-corrected chi connectivity index (χ1v) is 11.4. The van der Waals surface area contributed by atoms with E-state index in [1.807, 2.05) is 6.92 Å². The summed E-state index contributed by atoms with van der Waals surface area (Å²) in [6, 6.07) is 0. The van der Waals surface area contributed by atoms with Gasteiger partial charge in [0.05, 0.1) is 30.0 Å². The number of rotatable bonds is 2. The summed E-state index contributed by atoms with van der Waals surface area (Å²) in [5.41, 5.74) is -3.12. The highest BCUT2D eigenvalue weighted by molar-refractivity contribution is 5.85. The molecule has 4 saturated carbocycles. The fraction of sp³-hybridized carbons (Fsp3) is 0.870. The number of carbonyl (C=O) groups is 1. The van der Waals surface area contributed by atoms with Gasteiger partial charge in [0.25, 0.3) is 0 Å². The third kappa shape index (κ3) is 2.36. The molecule has 5 N–H and O–H groups in total. The Kier molecular flexibility index (Phi) is 4.54. The number of carbonyl (C=O) groups excluding carboxylic acids is 1. The molecule has 1 aliphatic heterocycles. The molecule has 0 aromatic heterocycles. The molecular weight excluding hydrogens is 388 g/mol. The second-order valence-corrected chi connectivity index (χ2v) is 10.9. The minimum atomic E-state index is -1.18. The molecule has 0 saturated heterocycles. The first-order valence-electron chi connectivity index (χ1n) is 11.4. The highest BCUT2D eigenvalue weighted by Gasteiger charge is 2.73. The van der Waals surface area contributed by atoms with Crippen LogP contribution in [0.5, 0.6) is 0 Å². The molecule has 0 radical (unpaired) electrons. The predicted molar refractivity (Wildman–Crippen MR) is 106 cm³/mol. The molecule has 4 aliphatic carbocycles. The van der Waals surface area contributed by atoms with Gasteiger partial charge in [-0.15, -0.1) is 0 Å². The third-order valence-corrected chi connectivity index (χ3v) is 10.2. The van der Waals surface area contributed by atoms with Crippen LogP contribution in [0.25, 0.3) is 0 Å². The number of aliphatic hydroxyl groups excluding tert-OH is 3. The topological polar surface area (TPSA) is 127 Å². The monoisotopic (exact) mass is 422 g/mol. The fourth-order valence-electron chi connectivity index (χ4n) is 8.51. The summed E-state index contributed by atoms with van der Waals surface area (Å²) in [5.74, 6) is -0.882. The number of hydrogen-bond donors (Lipinski definition) is 5. The largest absolute Gasteiger partial charge is 0.458 e. The highest BCUT2D eigenvalue weighted by Crippen LogP contribution is 2.70. The van der Waals surface area contributed by atoms with Crippen LogP contribution in [0.15, 0.2) is 11.6 Å². The van der Waals surface area contributed by atoms with Crippen molar-refractivity contribution in [1.82, 2.24) is 0 Å². The van der Waals surface area contributed by atoms with Crippen LogP contribution in [0.3, 0.4) is 0 Å². The average Bonchev–Trinajstić information content (AvgIpc) is 3.23. The van der Waals surface area contributed by atoms with E-state index in [0.29, 0.717) is 44.9 Å². The summed E-state index contributed by atoms with van der Waals surface area (Å²) < 4.78 is 5.12. The Hall–Kier alpha value is -0.990. The molecule has 4 fully saturated rings. The van der Waals surface area contributed by atoms with Crippen molar-refractivity contribution in [3.8, 4) is 0 Å². The molecule has 7 nitrogen and oxygen atoms in total. The Labute approximate surface area is 176 Å². The van der Waals surface area contributed by atoms with Crippen molar-refractivity contribution >= 4 is 5.97 Å². The minimum absolute atomic E-state index is 0.135. The summed E-state index contributed by atoms with van der Waals surface area (Å²) >= 11 is 0. The van der Waals surface area contributed by atoms with E-state index in [9.17, 15) is 30.3 Å². The SMILES string of the molecule is C[C@]12[C@H](O)CC3C(CC[C@]4(O)C[C@@H](O)CC[C@]34CO)[C@@]1(O)CC[C@@H]2C1=CC(=O)OC1. The van der Waals surface area contributed by atoms with Crippen LogP contribution < -0.4 is 0 Å². The number of esters is 1. The Morgan fingerprint density at radius 1 is 1.10 bits per heavy atom. The summed E-state index contributed by atoms with van der Waals surface area (Å²) in [6.45, 7) is 1.94. The molecular formula is C23H34O7. The number of hydrogen-bond acceptors (Lipinski definition) is 7. The van der Waals surface area contributed by atoms with Gasteiger partial charge in [0, 0.05) is 23.3 Å². The van der Waals surface area contributed by atoms with Gasteiger partial charge in [-0.3, -0.25) is 0 Å². The van der Waals surface area contributed by atoms with Crippen LogP contribution in [0.4, 0.5) is 0 Å². The van der Waals surface area contributed by atoms with E-state index < -0.39 is 34.2 Å². The fourth-order valence-corrected chi connectivity index (χ4v) is 8.51. The van der Waals surface area contributed by atoms with Crippen LogP contribution in [-0.4, -0.2) is 68.1 Å². The zero-order chi connectivity index (χ0) is 21.5.